The molecule has 212 valence electrons. The Bertz CT molecular complexity index is 1690. The van der Waals surface area contributed by atoms with Crippen molar-refractivity contribution < 1.29 is 22.6 Å². The molecule has 0 bridgehead atoms. The first-order valence-electron chi connectivity index (χ1n) is 13.1. The molecular formula is C28H27F3N8O2. The number of imidazole rings is 1. The fourth-order valence-electron chi connectivity index (χ4n) is 4.85. The molecule has 10 nitrogen and oxygen atoms in total. The number of benzene rings is 1. The lowest BCUT2D eigenvalue weighted by molar-refractivity contribution is -0.140. The third-order valence-corrected chi connectivity index (χ3v) is 7.05. The van der Waals surface area contributed by atoms with Gasteiger partial charge in [-0.2, -0.15) is 18.3 Å². The van der Waals surface area contributed by atoms with Crippen molar-refractivity contribution in [3.05, 3.63) is 66.1 Å². The Morgan fingerprint density at radius 2 is 1.80 bits per heavy atom. The third-order valence-electron chi connectivity index (χ3n) is 7.05. The number of fused-ring (bicyclic) bond motifs is 1. The van der Waals surface area contributed by atoms with Gasteiger partial charge in [-0.15, -0.1) is 0 Å². The first-order chi connectivity index (χ1) is 19.8. The minimum Gasteiger partial charge on any atom is -0.480 e. The van der Waals surface area contributed by atoms with Gasteiger partial charge in [-0.1, -0.05) is 24.3 Å². The molecule has 41 heavy (non-hydrogen) atoms. The van der Waals surface area contributed by atoms with Crippen LogP contribution in [0, 0.1) is 0 Å². The number of halogens is 3. The van der Waals surface area contributed by atoms with Crippen LogP contribution in [0.3, 0.4) is 0 Å². The Balaban J connectivity index is 1.31. The lowest BCUT2D eigenvalue weighted by atomic mass is 10.1. The van der Waals surface area contributed by atoms with Crippen LogP contribution in [0.2, 0.25) is 0 Å². The van der Waals surface area contributed by atoms with E-state index in [4.69, 9.17) is 14.5 Å². The molecule has 4 heterocycles. The van der Waals surface area contributed by atoms with Gasteiger partial charge in [-0.05, 0) is 25.3 Å². The van der Waals surface area contributed by atoms with E-state index in [1.165, 1.54) is 18.0 Å². The second-order valence-electron chi connectivity index (χ2n) is 10.0. The van der Waals surface area contributed by atoms with E-state index in [1.807, 2.05) is 12.1 Å². The number of nitrogens with zero attached hydrogens (tertiary/aromatic N) is 8. The summed E-state index contributed by atoms with van der Waals surface area (Å²) in [6, 6.07) is 6.87. The summed E-state index contributed by atoms with van der Waals surface area (Å²) in [6.45, 7) is 2.42. The monoisotopic (exact) mass is 564 g/mol. The topological polar surface area (TPSA) is 106 Å². The average molecular weight is 565 g/mol. The van der Waals surface area contributed by atoms with E-state index in [2.05, 4.69) is 25.0 Å². The number of alkyl halides is 3. The molecule has 1 unspecified atom stereocenters. The first kappa shape index (κ1) is 26.8. The van der Waals surface area contributed by atoms with Crippen molar-refractivity contribution in [2.45, 2.75) is 44.4 Å². The summed E-state index contributed by atoms with van der Waals surface area (Å²) >= 11 is 0. The molecule has 13 heteroatoms. The van der Waals surface area contributed by atoms with Gasteiger partial charge in [0.25, 0.3) is 0 Å². The quantitative estimate of drug-likeness (QED) is 0.237. The maximum Gasteiger partial charge on any atom is 0.434 e. The Morgan fingerprint density at radius 1 is 1.02 bits per heavy atom. The molecule has 6 rings (SSSR count). The Labute approximate surface area is 233 Å². The predicted molar refractivity (Wildman–Crippen MR) is 143 cm³/mol. The van der Waals surface area contributed by atoms with Crippen molar-refractivity contribution in [2.24, 2.45) is 0 Å². The van der Waals surface area contributed by atoms with Crippen LogP contribution in [0.5, 0.6) is 5.88 Å². The van der Waals surface area contributed by atoms with Crippen LogP contribution in [0.25, 0.3) is 33.8 Å². The SMILES string of the molecule is COCC(C)n1cc(C(F)(F)F)nc1-c1ccc(Cn2ncc3cnc(-c4c(OC)ncnc4C4CC4)nc32)cc1. The highest BCUT2D eigenvalue weighted by Gasteiger charge is 2.35. The highest BCUT2D eigenvalue weighted by molar-refractivity contribution is 5.77. The molecule has 1 aliphatic carbocycles. The maximum absolute atomic E-state index is 13.5. The number of aromatic nitrogens is 8. The molecular weight excluding hydrogens is 537 g/mol. The van der Waals surface area contributed by atoms with E-state index in [9.17, 15) is 13.2 Å². The number of rotatable bonds is 9. The highest BCUT2D eigenvalue weighted by atomic mass is 19.4. The molecule has 0 radical (unpaired) electrons. The summed E-state index contributed by atoms with van der Waals surface area (Å²) in [5.74, 6) is 1.45. The molecule has 4 aromatic heterocycles. The zero-order chi connectivity index (χ0) is 28.7. The third kappa shape index (κ3) is 5.24. The summed E-state index contributed by atoms with van der Waals surface area (Å²) in [5.41, 5.74) is 2.70. The number of hydrogen-bond donors (Lipinski definition) is 0. The van der Waals surface area contributed by atoms with Gasteiger partial charge >= 0.3 is 6.18 Å². The lowest BCUT2D eigenvalue weighted by Crippen LogP contribution is -2.12. The molecule has 0 N–H and O–H groups in total. The van der Waals surface area contributed by atoms with Crippen LogP contribution < -0.4 is 4.74 Å². The summed E-state index contributed by atoms with van der Waals surface area (Å²) in [5, 5.41) is 5.27. The normalized spacial score (nSPS) is 14.5. The summed E-state index contributed by atoms with van der Waals surface area (Å²) < 4.78 is 54.3. The van der Waals surface area contributed by atoms with Crippen molar-refractivity contribution >= 4 is 11.0 Å². The standard InChI is InChI=1S/C28H27F3N8O2/c1-16(14-40-2)38-13-21(28(29,30)31)36-25(38)19-6-4-17(5-7-19)12-39-26-20(11-35-39)10-32-24(37-26)22-23(18-8-9-18)33-15-34-27(22)41-3/h4-7,10-11,13,15-16,18H,8-9,12,14H2,1-3H3. The van der Waals surface area contributed by atoms with Gasteiger partial charge in [0.2, 0.25) is 5.88 Å². The van der Waals surface area contributed by atoms with Gasteiger partial charge in [0.05, 0.1) is 43.6 Å². The van der Waals surface area contributed by atoms with Gasteiger partial charge in [0, 0.05) is 31.0 Å². The maximum atomic E-state index is 13.5. The van der Waals surface area contributed by atoms with Crippen LogP contribution in [0.4, 0.5) is 13.2 Å². The van der Waals surface area contributed by atoms with Crippen LogP contribution in [0.15, 0.2) is 49.2 Å². The van der Waals surface area contributed by atoms with Crippen molar-refractivity contribution in [3.63, 3.8) is 0 Å². The van der Waals surface area contributed by atoms with Gasteiger partial charge in [0.1, 0.15) is 17.7 Å². The second-order valence-corrected chi connectivity index (χ2v) is 10.0. The largest absolute Gasteiger partial charge is 0.480 e. The molecule has 1 atom stereocenters. The molecule has 5 aromatic rings. The minimum atomic E-state index is -4.55. The van der Waals surface area contributed by atoms with E-state index in [0.717, 1.165) is 35.7 Å². The van der Waals surface area contributed by atoms with Crippen molar-refractivity contribution in [3.8, 4) is 28.7 Å². The van der Waals surface area contributed by atoms with Crippen LogP contribution in [-0.4, -0.2) is 60.1 Å². The summed E-state index contributed by atoms with van der Waals surface area (Å²) in [7, 11) is 3.07. The zero-order valence-electron chi connectivity index (χ0n) is 22.6. The average Bonchev–Trinajstić information content (AvgIpc) is 3.58. The van der Waals surface area contributed by atoms with Gasteiger partial charge in [0.15, 0.2) is 17.2 Å². The van der Waals surface area contributed by atoms with E-state index in [0.29, 0.717) is 40.9 Å². The Morgan fingerprint density at radius 3 is 2.49 bits per heavy atom. The van der Waals surface area contributed by atoms with Crippen molar-refractivity contribution in [1.82, 2.24) is 39.3 Å². The van der Waals surface area contributed by atoms with Crippen LogP contribution in [0.1, 0.15) is 48.7 Å². The van der Waals surface area contributed by atoms with Crippen molar-refractivity contribution in [1.29, 1.82) is 0 Å². The van der Waals surface area contributed by atoms with Gasteiger partial charge in [-0.25, -0.2) is 29.6 Å². The van der Waals surface area contributed by atoms with E-state index in [1.54, 1.807) is 43.2 Å². The van der Waals surface area contributed by atoms with Gasteiger partial charge in [-0.3, -0.25) is 0 Å². The van der Waals surface area contributed by atoms with Crippen LogP contribution in [-0.2, 0) is 17.5 Å². The Kier molecular flexibility index (Phi) is 6.89. The molecule has 1 aliphatic rings. The molecule has 0 saturated heterocycles. The second kappa shape index (κ2) is 10.5. The number of methoxy groups -OCH3 is 2. The van der Waals surface area contributed by atoms with Gasteiger partial charge < -0.3 is 14.0 Å². The van der Waals surface area contributed by atoms with E-state index >= 15 is 0 Å². The lowest BCUT2D eigenvalue weighted by Gasteiger charge is -2.15. The van der Waals surface area contributed by atoms with Crippen molar-refractivity contribution in [2.75, 3.05) is 20.8 Å². The smallest absolute Gasteiger partial charge is 0.434 e. The highest BCUT2D eigenvalue weighted by Crippen LogP contribution is 2.45. The number of ether oxygens (including phenoxy) is 2. The molecule has 0 spiro atoms. The summed E-state index contributed by atoms with van der Waals surface area (Å²) in [6.07, 6.45) is 3.48. The number of hydrogen-bond acceptors (Lipinski definition) is 8. The van der Waals surface area contributed by atoms with E-state index in [-0.39, 0.29) is 18.5 Å². The molecule has 1 saturated carbocycles. The predicted octanol–water partition coefficient (Wildman–Crippen LogP) is 5.31. The summed E-state index contributed by atoms with van der Waals surface area (Å²) in [4.78, 5) is 22.0. The molecule has 0 aliphatic heterocycles. The molecule has 1 aromatic carbocycles. The molecule has 1 fully saturated rings. The fraction of sp³-hybridized carbons (Fsp3) is 0.357. The minimum absolute atomic E-state index is 0.223. The fourth-order valence-corrected chi connectivity index (χ4v) is 4.85. The first-order valence-corrected chi connectivity index (χ1v) is 13.1. The zero-order valence-corrected chi connectivity index (χ0v) is 22.6. The molecule has 0 amide bonds. The Hall–Kier alpha value is -4.39. The van der Waals surface area contributed by atoms with Crippen LogP contribution >= 0.6 is 0 Å². The van der Waals surface area contributed by atoms with E-state index < -0.39 is 11.9 Å².